The SMILES string of the molecule is CCOc1ccc(S(=O)(=O)N[C@H](C)C(=O)N[C@@H](C)c2ccc(F)cc2)cc1. The van der Waals surface area contributed by atoms with Crippen LogP contribution < -0.4 is 14.8 Å². The monoisotopic (exact) mass is 394 g/mol. The third-order valence-corrected chi connectivity index (χ3v) is 5.46. The second kappa shape index (κ2) is 8.96. The van der Waals surface area contributed by atoms with Gasteiger partial charge in [-0.15, -0.1) is 0 Å². The summed E-state index contributed by atoms with van der Waals surface area (Å²) in [5.41, 5.74) is 0.714. The van der Waals surface area contributed by atoms with Gasteiger partial charge in [0.25, 0.3) is 0 Å². The summed E-state index contributed by atoms with van der Waals surface area (Å²) in [6.07, 6.45) is 0. The van der Waals surface area contributed by atoms with E-state index in [2.05, 4.69) is 10.0 Å². The minimum Gasteiger partial charge on any atom is -0.494 e. The minimum atomic E-state index is -3.86. The fourth-order valence-electron chi connectivity index (χ4n) is 2.41. The Bertz CT molecular complexity index is 868. The molecule has 2 atom stereocenters. The van der Waals surface area contributed by atoms with Crippen LogP contribution in [0.5, 0.6) is 5.75 Å². The number of carbonyl (C=O) groups is 1. The van der Waals surface area contributed by atoms with Gasteiger partial charge in [-0.3, -0.25) is 4.79 Å². The van der Waals surface area contributed by atoms with Crippen LogP contribution in [0.2, 0.25) is 0 Å². The topological polar surface area (TPSA) is 84.5 Å². The van der Waals surface area contributed by atoms with Crippen molar-refractivity contribution in [2.24, 2.45) is 0 Å². The van der Waals surface area contributed by atoms with E-state index < -0.39 is 28.0 Å². The van der Waals surface area contributed by atoms with Crippen LogP contribution in [-0.4, -0.2) is 27.0 Å². The molecule has 0 aliphatic carbocycles. The molecule has 0 aromatic heterocycles. The van der Waals surface area contributed by atoms with Gasteiger partial charge in [0.05, 0.1) is 23.6 Å². The molecule has 6 nitrogen and oxygen atoms in total. The summed E-state index contributed by atoms with van der Waals surface area (Å²) in [7, 11) is -3.86. The van der Waals surface area contributed by atoms with Crippen molar-refractivity contribution in [3.05, 3.63) is 59.9 Å². The first-order valence-corrected chi connectivity index (χ1v) is 10.0. The van der Waals surface area contributed by atoms with E-state index >= 15 is 0 Å². The largest absolute Gasteiger partial charge is 0.494 e. The third kappa shape index (κ3) is 5.77. The molecule has 8 heteroatoms. The first-order valence-electron chi connectivity index (χ1n) is 8.54. The van der Waals surface area contributed by atoms with Gasteiger partial charge in [-0.1, -0.05) is 12.1 Å². The van der Waals surface area contributed by atoms with E-state index in [1.54, 1.807) is 31.2 Å². The zero-order valence-corrected chi connectivity index (χ0v) is 16.2. The molecule has 0 heterocycles. The molecule has 0 saturated heterocycles. The van der Waals surface area contributed by atoms with Gasteiger partial charge >= 0.3 is 0 Å². The Morgan fingerprint density at radius 2 is 1.67 bits per heavy atom. The Morgan fingerprint density at radius 1 is 1.07 bits per heavy atom. The van der Waals surface area contributed by atoms with Gasteiger partial charge in [0, 0.05) is 0 Å². The van der Waals surface area contributed by atoms with Crippen LogP contribution in [0.1, 0.15) is 32.4 Å². The van der Waals surface area contributed by atoms with Crippen molar-refractivity contribution in [1.82, 2.24) is 10.0 Å². The Hall–Kier alpha value is -2.45. The van der Waals surface area contributed by atoms with Crippen LogP contribution in [0.25, 0.3) is 0 Å². The Kier molecular flexibility index (Phi) is 6.92. The van der Waals surface area contributed by atoms with Gasteiger partial charge in [-0.2, -0.15) is 4.72 Å². The third-order valence-electron chi connectivity index (χ3n) is 3.90. The standard InChI is InChI=1S/C19H23FN2O4S/c1-4-26-17-9-11-18(12-10-17)27(24,25)22-14(3)19(23)21-13(2)15-5-7-16(20)8-6-15/h5-14,22H,4H2,1-3H3,(H,21,23)/t13-,14+/m0/s1. The number of rotatable bonds is 8. The lowest BCUT2D eigenvalue weighted by molar-refractivity contribution is -0.123. The predicted molar refractivity (Wildman–Crippen MR) is 100 cm³/mol. The van der Waals surface area contributed by atoms with Crippen LogP contribution in [-0.2, 0) is 14.8 Å². The van der Waals surface area contributed by atoms with E-state index in [9.17, 15) is 17.6 Å². The van der Waals surface area contributed by atoms with E-state index in [-0.39, 0.29) is 10.7 Å². The van der Waals surface area contributed by atoms with Gasteiger partial charge in [-0.05, 0) is 62.7 Å². The number of sulfonamides is 1. The number of amides is 1. The Balaban J connectivity index is 2.00. The van der Waals surface area contributed by atoms with E-state index in [0.717, 1.165) is 0 Å². The average molecular weight is 394 g/mol. The molecule has 0 saturated carbocycles. The lowest BCUT2D eigenvalue weighted by atomic mass is 10.1. The maximum Gasteiger partial charge on any atom is 0.241 e. The molecule has 0 aliphatic heterocycles. The number of halogens is 1. The summed E-state index contributed by atoms with van der Waals surface area (Å²) in [6.45, 7) is 5.50. The van der Waals surface area contributed by atoms with Gasteiger partial charge in [0.15, 0.2) is 0 Å². The zero-order valence-electron chi connectivity index (χ0n) is 15.4. The number of hydrogen-bond donors (Lipinski definition) is 2. The lowest BCUT2D eigenvalue weighted by Crippen LogP contribution is -2.45. The lowest BCUT2D eigenvalue weighted by Gasteiger charge is -2.19. The van der Waals surface area contributed by atoms with Crippen molar-refractivity contribution >= 4 is 15.9 Å². The highest BCUT2D eigenvalue weighted by molar-refractivity contribution is 7.89. The number of benzene rings is 2. The fraction of sp³-hybridized carbons (Fsp3) is 0.316. The number of carbonyl (C=O) groups excluding carboxylic acids is 1. The van der Waals surface area contributed by atoms with Crippen molar-refractivity contribution in [2.75, 3.05) is 6.61 Å². The van der Waals surface area contributed by atoms with Crippen LogP contribution in [0.15, 0.2) is 53.4 Å². The molecule has 0 aliphatic rings. The number of nitrogens with one attached hydrogen (secondary N) is 2. The van der Waals surface area contributed by atoms with Crippen LogP contribution in [0.3, 0.4) is 0 Å². The molecule has 0 bridgehead atoms. The summed E-state index contributed by atoms with van der Waals surface area (Å²) < 4.78 is 45.5. The van der Waals surface area contributed by atoms with E-state index in [1.807, 2.05) is 6.92 Å². The molecule has 0 fully saturated rings. The molecule has 2 aromatic rings. The quantitative estimate of drug-likeness (QED) is 0.721. The van der Waals surface area contributed by atoms with E-state index in [4.69, 9.17) is 4.74 Å². The Morgan fingerprint density at radius 3 is 2.22 bits per heavy atom. The van der Waals surface area contributed by atoms with Gasteiger partial charge in [-0.25, -0.2) is 12.8 Å². The molecule has 2 aromatic carbocycles. The summed E-state index contributed by atoms with van der Waals surface area (Å²) in [5.74, 6) is -0.287. The highest BCUT2D eigenvalue weighted by atomic mass is 32.2. The molecule has 2 rings (SSSR count). The second-order valence-electron chi connectivity index (χ2n) is 6.03. The van der Waals surface area contributed by atoms with E-state index in [1.165, 1.54) is 31.2 Å². The Labute approximate surface area is 158 Å². The smallest absolute Gasteiger partial charge is 0.241 e. The maximum atomic E-state index is 13.0. The second-order valence-corrected chi connectivity index (χ2v) is 7.74. The summed E-state index contributed by atoms with van der Waals surface area (Å²) in [6, 6.07) is 10.3. The van der Waals surface area contributed by atoms with Crippen molar-refractivity contribution < 1.29 is 22.3 Å². The average Bonchev–Trinajstić information content (AvgIpc) is 2.62. The van der Waals surface area contributed by atoms with Crippen LogP contribution in [0.4, 0.5) is 4.39 Å². The number of hydrogen-bond acceptors (Lipinski definition) is 4. The number of ether oxygens (including phenoxy) is 1. The maximum absolute atomic E-state index is 13.0. The highest BCUT2D eigenvalue weighted by Crippen LogP contribution is 2.17. The van der Waals surface area contributed by atoms with Gasteiger partial charge in [0.1, 0.15) is 11.6 Å². The first kappa shape index (κ1) is 20.9. The molecule has 27 heavy (non-hydrogen) atoms. The molecular formula is C19H23FN2O4S. The normalized spacial score (nSPS) is 13.6. The summed E-state index contributed by atoms with van der Waals surface area (Å²) in [5, 5.41) is 2.71. The zero-order chi connectivity index (χ0) is 20.0. The molecule has 0 spiro atoms. The van der Waals surface area contributed by atoms with Gasteiger partial charge < -0.3 is 10.1 Å². The van der Waals surface area contributed by atoms with Crippen molar-refractivity contribution in [1.29, 1.82) is 0 Å². The highest BCUT2D eigenvalue weighted by Gasteiger charge is 2.23. The van der Waals surface area contributed by atoms with Crippen LogP contribution >= 0.6 is 0 Å². The van der Waals surface area contributed by atoms with Crippen molar-refractivity contribution in [2.45, 2.75) is 37.8 Å². The van der Waals surface area contributed by atoms with Crippen LogP contribution in [0, 0.1) is 5.82 Å². The van der Waals surface area contributed by atoms with Crippen molar-refractivity contribution in [3.63, 3.8) is 0 Å². The fourth-order valence-corrected chi connectivity index (χ4v) is 3.61. The summed E-state index contributed by atoms with van der Waals surface area (Å²) in [4.78, 5) is 12.3. The van der Waals surface area contributed by atoms with Gasteiger partial charge in [0.2, 0.25) is 15.9 Å². The van der Waals surface area contributed by atoms with E-state index in [0.29, 0.717) is 17.9 Å². The summed E-state index contributed by atoms with van der Waals surface area (Å²) >= 11 is 0. The predicted octanol–water partition coefficient (Wildman–Crippen LogP) is 2.77. The molecule has 1 amide bonds. The first-order chi connectivity index (χ1) is 12.7. The molecule has 0 radical (unpaired) electrons. The minimum absolute atomic E-state index is 0.0391. The molecule has 0 unspecified atom stereocenters. The molecular weight excluding hydrogens is 371 g/mol. The molecule has 2 N–H and O–H groups in total. The van der Waals surface area contributed by atoms with Crippen molar-refractivity contribution in [3.8, 4) is 5.75 Å². The molecule has 146 valence electrons.